The SMILES string of the molecule is CC(C)c1nccn1Cc1cccc(NC(=O)N[C@H](C)CCO)c1. The van der Waals surface area contributed by atoms with Crippen molar-refractivity contribution >= 4 is 11.7 Å². The Labute approximate surface area is 142 Å². The van der Waals surface area contributed by atoms with Crippen molar-refractivity contribution in [3.8, 4) is 0 Å². The first kappa shape index (κ1) is 18.0. The molecule has 2 rings (SSSR count). The quantitative estimate of drug-likeness (QED) is 0.730. The average molecular weight is 330 g/mol. The lowest BCUT2D eigenvalue weighted by Gasteiger charge is -2.14. The van der Waals surface area contributed by atoms with Crippen molar-refractivity contribution in [2.45, 2.75) is 45.7 Å². The summed E-state index contributed by atoms with van der Waals surface area (Å²) in [6.45, 7) is 6.87. The molecule has 0 spiro atoms. The van der Waals surface area contributed by atoms with E-state index in [9.17, 15) is 4.79 Å². The van der Waals surface area contributed by atoms with Crippen molar-refractivity contribution < 1.29 is 9.90 Å². The van der Waals surface area contributed by atoms with E-state index in [1.807, 2.05) is 43.6 Å². The van der Waals surface area contributed by atoms with E-state index < -0.39 is 0 Å². The molecule has 0 saturated heterocycles. The minimum Gasteiger partial charge on any atom is -0.396 e. The summed E-state index contributed by atoms with van der Waals surface area (Å²) in [6.07, 6.45) is 4.32. The molecule has 130 valence electrons. The number of carbonyl (C=O) groups excluding carboxylic acids is 1. The molecular weight excluding hydrogens is 304 g/mol. The number of aliphatic hydroxyl groups excluding tert-OH is 1. The summed E-state index contributed by atoms with van der Waals surface area (Å²) in [4.78, 5) is 16.3. The summed E-state index contributed by atoms with van der Waals surface area (Å²) in [5, 5.41) is 14.5. The van der Waals surface area contributed by atoms with E-state index in [1.165, 1.54) is 0 Å². The molecular formula is C18H26N4O2. The zero-order valence-electron chi connectivity index (χ0n) is 14.5. The molecule has 0 aliphatic heterocycles. The maximum atomic E-state index is 12.0. The molecule has 6 heteroatoms. The van der Waals surface area contributed by atoms with Gasteiger partial charge in [-0.1, -0.05) is 26.0 Å². The molecule has 0 aliphatic rings. The minimum absolute atomic E-state index is 0.0556. The van der Waals surface area contributed by atoms with E-state index in [1.54, 1.807) is 0 Å². The van der Waals surface area contributed by atoms with Crippen LogP contribution >= 0.6 is 0 Å². The van der Waals surface area contributed by atoms with Gasteiger partial charge in [-0.05, 0) is 31.0 Å². The van der Waals surface area contributed by atoms with Gasteiger partial charge in [0.15, 0.2) is 0 Å². The number of rotatable bonds is 7. The number of benzene rings is 1. The third kappa shape index (κ3) is 5.09. The van der Waals surface area contributed by atoms with Crippen LogP contribution in [0.5, 0.6) is 0 Å². The molecule has 1 aromatic carbocycles. The second-order valence-corrected chi connectivity index (χ2v) is 6.28. The van der Waals surface area contributed by atoms with Gasteiger partial charge in [-0.15, -0.1) is 0 Å². The zero-order chi connectivity index (χ0) is 17.5. The predicted molar refractivity (Wildman–Crippen MR) is 95.2 cm³/mol. The molecule has 0 unspecified atom stereocenters. The number of aromatic nitrogens is 2. The Morgan fingerprint density at radius 2 is 2.12 bits per heavy atom. The molecule has 2 aromatic rings. The van der Waals surface area contributed by atoms with Crippen LogP contribution in [-0.4, -0.2) is 33.3 Å². The number of hydrogen-bond donors (Lipinski definition) is 3. The van der Waals surface area contributed by atoms with Crippen molar-refractivity contribution in [3.05, 3.63) is 48.0 Å². The largest absolute Gasteiger partial charge is 0.396 e. The molecule has 24 heavy (non-hydrogen) atoms. The second kappa shape index (κ2) is 8.49. The third-order valence-electron chi connectivity index (χ3n) is 3.74. The number of nitrogens with one attached hydrogen (secondary N) is 2. The molecule has 2 amide bonds. The van der Waals surface area contributed by atoms with E-state index in [0.717, 1.165) is 17.1 Å². The average Bonchev–Trinajstić information content (AvgIpc) is 2.96. The number of carbonyl (C=O) groups is 1. The van der Waals surface area contributed by atoms with Gasteiger partial charge in [0.2, 0.25) is 0 Å². The summed E-state index contributed by atoms with van der Waals surface area (Å²) in [5.74, 6) is 1.41. The molecule has 3 N–H and O–H groups in total. The van der Waals surface area contributed by atoms with Crippen molar-refractivity contribution in [1.29, 1.82) is 0 Å². The predicted octanol–water partition coefficient (Wildman–Crippen LogP) is 2.95. The van der Waals surface area contributed by atoms with Crippen LogP contribution in [0.4, 0.5) is 10.5 Å². The highest BCUT2D eigenvalue weighted by molar-refractivity contribution is 5.89. The van der Waals surface area contributed by atoms with Gasteiger partial charge in [0.05, 0.1) is 0 Å². The standard InChI is InChI=1S/C18H26N4O2/c1-13(2)17-19-8-9-22(17)12-15-5-4-6-16(11-15)21-18(24)20-14(3)7-10-23/h4-6,8-9,11,13-14,23H,7,10,12H2,1-3H3,(H2,20,21,24)/t14-/m1/s1. The van der Waals surface area contributed by atoms with Gasteiger partial charge in [-0.2, -0.15) is 0 Å². The van der Waals surface area contributed by atoms with Crippen LogP contribution in [-0.2, 0) is 6.54 Å². The monoisotopic (exact) mass is 330 g/mol. The van der Waals surface area contributed by atoms with E-state index in [0.29, 0.717) is 18.9 Å². The molecule has 0 radical (unpaired) electrons. The molecule has 6 nitrogen and oxygen atoms in total. The van der Waals surface area contributed by atoms with Crippen LogP contribution in [0, 0.1) is 0 Å². The fraction of sp³-hybridized carbons (Fsp3) is 0.444. The Morgan fingerprint density at radius 1 is 1.33 bits per heavy atom. The summed E-state index contributed by atoms with van der Waals surface area (Å²) in [7, 11) is 0. The first-order valence-electron chi connectivity index (χ1n) is 8.28. The highest BCUT2D eigenvalue weighted by atomic mass is 16.3. The van der Waals surface area contributed by atoms with Gasteiger partial charge in [0.1, 0.15) is 5.82 Å². The normalized spacial score (nSPS) is 12.2. The Morgan fingerprint density at radius 3 is 2.83 bits per heavy atom. The highest BCUT2D eigenvalue weighted by Crippen LogP contribution is 2.16. The topological polar surface area (TPSA) is 79.2 Å². The van der Waals surface area contributed by atoms with Crippen LogP contribution in [0.25, 0.3) is 0 Å². The van der Waals surface area contributed by atoms with Crippen molar-refractivity contribution in [2.24, 2.45) is 0 Å². The Hall–Kier alpha value is -2.34. The van der Waals surface area contributed by atoms with Crippen LogP contribution in [0.2, 0.25) is 0 Å². The van der Waals surface area contributed by atoms with Gasteiger partial charge in [-0.25, -0.2) is 9.78 Å². The van der Waals surface area contributed by atoms with Crippen molar-refractivity contribution in [2.75, 3.05) is 11.9 Å². The van der Waals surface area contributed by atoms with E-state index in [2.05, 4.69) is 34.0 Å². The first-order chi connectivity index (χ1) is 11.5. The van der Waals surface area contributed by atoms with Gasteiger partial charge in [0, 0.05) is 43.2 Å². The van der Waals surface area contributed by atoms with Crippen molar-refractivity contribution in [1.82, 2.24) is 14.9 Å². The Kier molecular flexibility index (Phi) is 6.37. The summed E-state index contributed by atoms with van der Waals surface area (Å²) < 4.78 is 2.12. The Balaban J connectivity index is 2.01. The van der Waals surface area contributed by atoms with E-state index in [-0.39, 0.29) is 18.7 Å². The number of imidazole rings is 1. The van der Waals surface area contributed by atoms with Gasteiger partial charge >= 0.3 is 6.03 Å². The minimum atomic E-state index is -0.265. The summed E-state index contributed by atoms with van der Waals surface area (Å²) in [5.41, 5.74) is 1.84. The van der Waals surface area contributed by atoms with Crippen LogP contribution < -0.4 is 10.6 Å². The Bertz CT molecular complexity index is 667. The zero-order valence-corrected chi connectivity index (χ0v) is 14.5. The lowest BCUT2D eigenvalue weighted by molar-refractivity contribution is 0.241. The number of hydrogen-bond acceptors (Lipinski definition) is 3. The smallest absolute Gasteiger partial charge is 0.319 e. The number of amides is 2. The summed E-state index contributed by atoms with van der Waals surface area (Å²) in [6, 6.07) is 7.43. The van der Waals surface area contributed by atoms with Gasteiger partial charge in [0.25, 0.3) is 0 Å². The molecule has 0 bridgehead atoms. The fourth-order valence-corrected chi connectivity index (χ4v) is 2.56. The molecule has 1 atom stereocenters. The van der Waals surface area contributed by atoms with E-state index in [4.69, 9.17) is 5.11 Å². The van der Waals surface area contributed by atoms with Crippen LogP contribution in [0.3, 0.4) is 0 Å². The molecule has 0 fully saturated rings. The number of aliphatic hydroxyl groups is 1. The van der Waals surface area contributed by atoms with Gasteiger partial charge in [-0.3, -0.25) is 0 Å². The van der Waals surface area contributed by atoms with Crippen LogP contribution in [0.15, 0.2) is 36.7 Å². The maximum Gasteiger partial charge on any atom is 0.319 e. The molecule has 1 heterocycles. The van der Waals surface area contributed by atoms with Crippen LogP contribution in [0.1, 0.15) is 44.5 Å². The highest BCUT2D eigenvalue weighted by Gasteiger charge is 2.09. The summed E-state index contributed by atoms with van der Waals surface area (Å²) >= 11 is 0. The van der Waals surface area contributed by atoms with Gasteiger partial charge < -0.3 is 20.3 Å². The fourth-order valence-electron chi connectivity index (χ4n) is 2.56. The maximum absolute atomic E-state index is 12.0. The number of nitrogens with zero attached hydrogens (tertiary/aromatic N) is 2. The first-order valence-corrected chi connectivity index (χ1v) is 8.28. The molecule has 0 saturated carbocycles. The van der Waals surface area contributed by atoms with E-state index >= 15 is 0 Å². The second-order valence-electron chi connectivity index (χ2n) is 6.28. The third-order valence-corrected chi connectivity index (χ3v) is 3.74. The molecule has 1 aromatic heterocycles. The number of anilines is 1. The lowest BCUT2D eigenvalue weighted by Crippen LogP contribution is -2.36. The van der Waals surface area contributed by atoms with Crippen molar-refractivity contribution in [3.63, 3.8) is 0 Å². The lowest BCUT2D eigenvalue weighted by atomic mass is 10.1. The number of urea groups is 1. The molecule has 0 aliphatic carbocycles.